The summed E-state index contributed by atoms with van der Waals surface area (Å²) in [5.41, 5.74) is 6.36. The highest BCUT2D eigenvalue weighted by molar-refractivity contribution is 7.26. The molecule has 0 atom stereocenters. The van der Waals surface area contributed by atoms with Gasteiger partial charge in [-0.1, -0.05) is 121 Å². The molecule has 0 unspecified atom stereocenters. The second-order valence-electron chi connectivity index (χ2n) is 11.1. The first-order valence-corrected chi connectivity index (χ1v) is 15.7. The van der Waals surface area contributed by atoms with E-state index in [4.69, 9.17) is 19.9 Å². The first-order chi connectivity index (χ1) is 22.3. The fraction of sp³-hybridized carbons (Fsp3) is 0. The van der Waals surface area contributed by atoms with Crippen LogP contribution in [0.15, 0.2) is 146 Å². The summed E-state index contributed by atoms with van der Waals surface area (Å²) in [5.74, 6) is 1.97. The zero-order valence-corrected chi connectivity index (χ0v) is 24.9. The number of nitrogens with zero attached hydrogens (tertiary/aromatic N) is 4. The number of pyridine rings is 1. The molecule has 0 spiro atoms. The number of benzene rings is 6. The van der Waals surface area contributed by atoms with Crippen LogP contribution in [0.25, 0.3) is 87.1 Å². The Kier molecular flexibility index (Phi) is 5.96. The van der Waals surface area contributed by atoms with Gasteiger partial charge in [0, 0.05) is 38.4 Å². The zero-order chi connectivity index (χ0) is 29.7. The molecule has 0 amide bonds. The summed E-state index contributed by atoms with van der Waals surface area (Å²) in [5, 5.41) is 6.02. The number of hydrogen-bond acceptors (Lipinski definition) is 5. The Hall–Kier alpha value is -5.78. The lowest BCUT2D eigenvalue weighted by Gasteiger charge is -2.13. The molecule has 0 N–H and O–H groups in total. The molecular formula is C40H24N4S. The quantitative estimate of drug-likeness (QED) is 0.204. The van der Waals surface area contributed by atoms with Gasteiger partial charge in [-0.15, -0.1) is 11.3 Å². The molecule has 0 aliphatic rings. The number of rotatable bonds is 4. The van der Waals surface area contributed by atoms with E-state index in [1.54, 1.807) is 0 Å². The number of thiophene rings is 1. The highest BCUT2D eigenvalue weighted by atomic mass is 32.1. The minimum Gasteiger partial charge on any atom is -0.255 e. The van der Waals surface area contributed by atoms with E-state index in [1.807, 2.05) is 84.3 Å². The van der Waals surface area contributed by atoms with Gasteiger partial charge in [-0.3, -0.25) is 4.98 Å². The Bertz CT molecular complexity index is 2480. The van der Waals surface area contributed by atoms with E-state index in [9.17, 15) is 0 Å². The molecular weight excluding hydrogens is 569 g/mol. The maximum absolute atomic E-state index is 4.96. The Labute approximate surface area is 263 Å². The van der Waals surface area contributed by atoms with Crippen LogP contribution in [0.1, 0.15) is 0 Å². The van der Waals surface area contributed by atoms with Crippen molar-refractivity contribution >= 4 is 53.2 Å². The Morgan fingerprint density at radius 3 is 1.82 bits per heavy atom. The smallest absolute Gasteiger partial charge is 0.164 e. The second kappa shape index (κ2) is 10.4. The van der Waals surface area contributed by atoms with Gasteiger partial charge < -0.3 is 0 Å². The van der Waals surface area contributed by atoms with Crippen LogP contribution in [0.4, 0.5) is 0 Å². The summed E-state index contributed by atoms with van der Waals surface area (Å²) in [6.07, 6.45) is 1.88. The van der Waals surface area contributed by atoms with Crippen molar-refractivity contribution in [3.8, 4) is 45.3 Å². The molecule has 4 nitrogen and oxygen atoms in total. The molecule has 3 heterocycles. The molecule has 45 heavy (non-hydrogen) atoms. The highest BCUT2D eigenvalue weighted by Crippen LogP contribution is 2.43. The summed E-state index contributed by atoms with van der Waals surface area (Å²) in [6.45, 7) is 0. The molecule has 6 aromatic carbocycles. The molecule has 0 aliphatic carbocycles. The largest absolute Gasteiger partial charge is 0.255 e. The van der Waals surface area contributed by atoms with Crippen LogP contribution in [0.5, 0.6) is 0 Å². The van der Waals surface area contributed by atoms with Crippen LogP contribution in [-0.4, -0.2) is 19.9 Å². The van der Waals surface area contributed by atoms with Gasteiger partial charge in [0.2, 0.25) is 0 Å². The third kappa shape index (κ3) is 4.36. The van der Waals surface area contributed by atoms with Crippen LogP contribution < -0.4 is 0 Å². The molecule has 0 fully saturated rings. The van der Waals surface area contributed by atoms with Crippen LogP contribution in [-0.2, 0) is 0 Å². The normalized spacial score (nSPS) is 11.6. The average Bonchev–Trinajstić information content (AvgIpc) is 3.50. The van der Waals surface area contributed by atoms with Crippen molar-refractivity contribution in [1.29, 1.82) is 0 Å². The Morgan fingerprint density at radius 2 is 1.09 bits per heavy atom. The van der Waals surface area contributed by atoms with Crippen molar-refractivity contribution in [2.45, 2.75) is 0 Å². The van der Waals surface area contributed by atoms with Gasteiger partial charge in [0.15, 0.2) is 17.5 Å². The van der Waals surface area contributed by atoms with E-state index < -0.39 is 0 Å². The summed E-state index contributed by atoms with van der Waals surface area (Å²) < 4.78 is 2.48. The minimum absolute atomic E-state index is 0.652. The molecule has 9 aromatic rings. The molecule has 9 rings (SSSR count). The lowest BCUT2D eigenvalue weighted by molar-refractivity contribution is 1.07. The third-order valence-corrected chi connectivity index (χ3v) is 9.54. The van der Waals surface area contributed by atoms with Crippen LogP contribution in [0.2, 0.25) is 0 Å². The molecule has 5 heteroatoms. The van der Waals surface area contributed by atoms with Crippen molar-refractivity contribution in [1.82, 2.24) is 19.9 Å². The number of fused-ring (bicyclic) bond motifs is 6. The molecule has 210 valence electrons. The van der Waals surface area contributed by atoms with E-state index in [0.29, 0.717) is 17.5 Å². The van der Waals surface area contributed by atoms with Crippen LogP contribution in [0, 0.1) is 0 Å². The minimum atomic E-state index is 0.652. The van der Waals surface area contributed by atoms with E-state index in [0.717, 1.165) is 27.6 Å². The molecule has 3 aromatic heterocycles. The SMILES string of the molecule is c1ccc(-c2nc(-c3ccccc3)nc(-c3ccc4c(-c5cccc6ccc7c8ncccc8sc7c56)cccc4c3)n2)cc1. The second-order valence-corrected chi connectivity index (χ2v) is 12.1. The first-order valence-electron chi connectivity index (χ1n) is 14.9. The molecule has 0 bridgehead atoms. The molecule has 0 aliphatic heterocycles. The lowest BCUT2D eigenvalue weighted by atomic mass is 9.92. The van der Waals surface area contributed by atoms with Gasteiger partial charge in [-0.2, -0.15) is 0 Å². The third-order valence-electron chi connectivity index (χ3n) is 8.36. The predicted octanol–water partition coefficient (Wildman–Crippen LogP) is 10.6. The molecule has 0 radical (unpaired) electrons. The predicted molar refractivity (Wildman–Crippen MR) is 187 cm³/mol. The van der Waals surface area contributed by atoms with E-state index in [-0.39, 0.29) is 0 Å². The molecule has 0 saturated carbocycles. The Balaban J connectivity index is 1.23. The fourth-order valence-corrected chi connectivity index (χ4v) is 7.47. The summed E-state index contributed by atoms with van der Waals surface area (Å²) in [4.78, 5) is 19.5. The van der Waals surface area contributed by atoms with Crippen molar-refractivity contribution in [3.63, 3.8) is 0 Å². The standard InChI is InChI=1S/C40H24N4S/c1-3-10-26(11-4-1)38-42-39(27-12-5-2-6-13-27)44-40(43-38)29-20-21-30-28(24-29)15-8-16-31(30)32-17-7-14-25-19-22-33-36-34(18-9-23-41-36)45-37(33)35(25)32/h1-24H. The zero-order valence-electron chi connectivity index (χ0n) is 24.1. The average molecular weight is 593 g/mol. The van der Waals surface area contributed by atoms with Crippen molar-refractivity contribution in [3.05, 3.63) is 146 Å². The number of hydrogen-bond donors (Lipinski definition) is 0. The topological polar surface area (TPSA) is 51.6 Å². The van der Waals surface area contributed by atoms with Gasteiger partial charge in [-0.05, 0) is 45.5 Å². The highest BCUT2D eigenvalue weighted by Gasteiger charge is 2.16. The van der Waals surface area contributed by atoms with Gasteiger partial charge in [-0.25, -0.2) is 15.0 Å². The van der Waals surface area contributed by atoms with E-state index >= 15 is 0 Å². The number of aromatic nitrogens is 4. The van der Waals surface area contributed by atoms with Crippen LogP contribution >= 0.6 is 11.3 Å². The molecule has 0 saturated heterocycles. The maximum Gasteiger partial charge on any atom is 0.164 e. The van der Waals surface area contributed by atoms with Gasteiger partial charge in [0.1, 0.15) is 0 Å². The van der Waals surface area contributed by atoms with Crippen molar-refractivity contribution in [2.24, 2.45) is 0 Å². The summed E-state index contributed by atoms with van der Waals surface area (Å²) in [7, 11) is 0. The maximum atomic E-state index is 4.96. The van der Waals surface area contributed by atoms with Crippen molar-refractivity contribution < 1.29 is 0 Å². The summed E-state index contributed by atoms with van der Waals surface area (Å²) in [6, 6.07) is 48.5. The Morgan fingerprint density at radius 1 is 0.444 bits per heavy atom. The van der Waals surface area contributed by atoms with E-state index in [1.165, 1.54) is 42.1 Å². The van der Waals surface area contributed by atoms with Gasteiger partial charge >= 0.3 is 0 Å². The van der Waals surface area contributed by atoms with Crippen molar-refractivity contribution in [2.75, 3.05) is 0 Å². The lowest BCUT2D eigenvalue weighted by Crippen LogP contribution is -2.00. The van der Waals surface area contributed by atoms with Gasteiger partial charge in [0.05, 0.1) is 10.2 Å². The first kappa shape index (κ1) is 25.7. The van der Waals surface area contributed by atoms with E-state index in [2.05, 4.69) is 72.8 Å². The monoisotopic (exact) mass is 592 g/mol. The van der Waals surface area contributed by atoms with Gasteiger partial charge in [0.25, 0.3) is 0 Å². The fourth-order valence-electron chi connectivity index (χ4n) is 6.24. The summed E-state index contributed by atoms with van der Waals surface area (Å²) >= 11 is 1.82. The van der Waals surface area contributed by atoms with Crippen LogP contribution in [0.3, 0.4) is 0 Å².